The molecule has 1 N–H and O–H groups in total. The SMILES string of the molecule is CC#CCN1c2c(cnn(COCc3ccccc3)c2=O)N(OC(=O)C(F)(F)F)C1N1CCNCC1. The summed E-state index contributed by atoms with van der Waals surface area (Å²) in [7, 11) is 0. The van der Waals surface area contributed by atoms with Crippen molar-refractivity contribution in [2.45, 2.75) is 32.7 Å². The number of carbonyl (C=O) groups is 1. The van der Waals surface area contributed by atoms with Crippen LogP contribution in [0.3, 0.4) is 0 Å². The van der Waals surface area contributed by atoms with Gasteiger partial charge in [-0.25, -0.2) is 9.48 Å². The van der Waals surface area contributed by atoms with Crippen molar-refractivity contribution in [1.29, 1.82) is 0 Å². The minimum Gasteiger partial charge on any atom is -0.354 e. The van der Waals surface area contributed by atoms with E-state index in [-0.39, 0.29) is 31.3 Å². The number of rotatable bonds is 7. The first-order valence-corrected chi connectivity index (χ1v) is 11.2. The van der Waals surface area contributed by atoms with Gasteiger partial charge in [0.2, 0.25) is 0 Å². The number of carbonyl (C=O) groups excluding carboxylic acids is 1. The number of anilines is 2. The average molecular weight is 506 g/mol. The van der Waals surface area contributed by atoms with E-state index in [4.69, 9.17) is 9.57 Å². The fourth-order valence-electron chi connectivity index (χ4n) is 4.00. The largest absolute Gasteiger partial charge is 0.493 e. The number of halogens is 3. The molecule has 2 aromatic rings. The van der Waals surface area contributed by atoms with Crippen LogP contribution in [0.1, 0.15) is 12.5 Å². The number of ether oxygens (including phenoxy) is 1. The molecule has 1 saturated heterocycles. The van der Waals surface area contributed by atoms with Gasteiger partial charge >= 0.3 is 12.1 Å². The van der Waals surface area contributed by atoms with Gasteiger partial charge in [-0.15, -0.1) is 5.92 Å². The predicted octanol–water partition coefficient (Wildman–Crippen LogP) is 1.28. The molecule has 0 saturated carbocycles. The number of nitrogens with zero attached hydrogens (tertiary/aromatic N) is 5. The van der Waals surface area contributed by atoms with Crippen molar-refractivity contribution in [3.63, 3.8) is 0 Å². The molecule has 10 nitrogen and oxygen atoms in total. The van der Waals surface area contributed by atoms with Gasteiger partial charge in [0.1, 0.15) is 18.1 Å². The molecular formula is C23H25F3N6O4. The van der Waals surface area contributed by atoms with E-state index in [9.17, 15) is 22.8 Å². The first kappa shape index (κ1) is 25.5. The number of nitrogens with one attached hydrogen (secondary N) is 1. The molecule has 1 aromatic carbocycles. The van der Waals surface area contributed by atoms with Gasteiger partial charge in [-0.05, 0) is 12.5 Å². The molecule has 0 spiro atoms. The van der Waals surface area contributed by atoms with Crippen LogP contribution in [0.2, 0.25) is 0 Å². The fraction of sp³-hybridized carbons (Fsp3) is 0.435. The Morgan fingerprint density at radius 3 is 2.61 bits per heavy atom. The topological polar surface area (TPSA) is 92.2 Å². The van der Waals surface area contributed by atoms with Gasteiger partial charge in [-0.1, -0.05) is 36.3 Å². The summed E-state index contributed by atoms with van der Waals surface area (Å²) in [4.78, 5) is 33.4. The molecule has 1 fully saturated rings. The van der Waals surface area contributed by atoms with Gasteiger partial charge in [0.25, 0.3) is 5.56 Å². The molecule has 2 aliphatic rings. The van der Waals surface area contributed by atoms with E-state index >= 15 is 0 Å². The van der Waals surface area contributed by atoms with Crippen molar-refractivity contribution in [2.75, 3.05) is 42.7 Å². The quantitative estimate of drug-likeness (QED) is 0.558. The van der Waals surface area contributed by atoms with Crippen LogP contribution in [0.4, 0.5) is 24.5 Å². The second kappa shape index (κ2) is 11.0. The van der Waals surface area contributed by atoms with Gasteiger partial charge in [-0.3, -0.25) is 9.69 Å². The summed E-state index contributed by atoms with van der Waals surface area (Å²) in [5, 5.41) is 8.03. The Balaban J connectivity index is 1.68. The highest BCUT2D eigenvalue weighted by atomic mass is 19.4. The molecule has 0 aliphatic carbocycles. The van der Waals surface area contributed by atoms with E-state index in [1.54, 1.807) is 6.92 Å². The van der Waals surface area contributed by atoms with Gasteiger partial charge in [0.05, 0.1) is 19.3 Å². The predicted molar refractivity (Wildman–Crippen MR) is 123 cm³/mol. The van der Waals surface area contributed by atoms with Crippen molar-refractivity contribution in [1.82, 2.24) is 20.0 Å². The van der Waals surface area contributed by atoms with Crippen LogP contribution >= 0.6 is 0 Å². The summed E-state index contributed by atoms with van der Waals surface area (Å²) in [6.45, 7) is 3.69. The Morgan fingerprint density at radius 1 is 1.22 bits per heavy atom. The maximum absolute atomic E-state index is 13.4. The van der Waals surface area contributed by atoms with E-state index in [1.165, 1.54) is 11.1 Å². The number of benzene rings is 1. The number of fused-ring (bicyclic) bond motifs is 1. The van der Waals surface area contributed by atoms with Crippen LogP contribution in [-0.2, 0) is 27.7 Å². The maximum atomic E-state index is 13.4. The molecular weight excluding hydrogens is 481 g/mol. The Labute approximate surface area is 205 Å². The molecule has 3 heterocycles. The highest BCUT2D eigenvalue weighted by Gasteiger charge is 2.49. The zero-order chi connectivity index (χ0) is 25.7. The van der Waals surface area contributed by atoms with E-state index in [0.717, 1.165) is 15.3 Å². The smallest absolute Gasteiger partial charge is 0.354 e. The Hall–Kier alpha value is -3.60. The molecule has 4 rings (SSSR count). The molecule has 1 aromatic heterocycles. The average Bonchev–Trinajstić information content (AvgIpc) is 3.18. The molecule has 192 valence electrons. The molecule has 2 aliphatic heterocycles. The fourth-order valence-corrected chi connectivity index (χ4v) is 4.00. The van der Waals surface area contributed by atoms with Crippen molar-refractivity contribution in [3.8, 4) is 11.8 Å². The van der Waals surface area contributed by atoms with Crippen LogP contribution in [0.15, 0.2) is 41.3 Å². The van der Waals surface area contributed by atoms with Gasteiger partial charge < -0.3 is 19.8 Å². The third-order valence-electron chi connectivity index (χ3n) is 5.65. The van der Waals surface area contributed by atoms with Crippen LogP contribution in [-0.4, -0.2) is 65.8 Å². The highest BCUT2D eigenvalue weighted by molar-refractivity contribution is 5.81. The normalized spacial score (nSPS) is 17.9. The first-order chi connectivity index (χ1) is 17.3. The summed E-state index contributed by atoms with van der Waals surface area (Å²) < 4.78 is 46.0. The lowest BCUT2D eigenvalue weighted by atomic mass is 10.2. The van der Waals surface area contributed by atoms with Gasteiger partial charge in [-0.2, -0.15) is 23.3 Å². The Bertz CT molecular complexity index is 1190. The number of piperazine rings is 1. The summed E-state index contributed by atoms with van der Waals surface area (Å²) >= 11 is 0. The molecule has 0 amide bonds. The zero-order valence-electron chi connectivity index (χ0n) is 19.5. The Kier molecular flexibility index (Phi) is 7.78. The lowest BCUT2D eigenvalue weighted by Crippen LogP contribution is -2.61. The molecule has 13 heteroatoms. The van der Waals surface area contributed by atoms with Crippen LogP contribution in [0.5, 0.6) is 0 Å². The summed E-state index contributed by atoms with van der Waals surface area (Å²) in [5.74, 6) is 3.20. The summed E-state index contributed by atoms with van der Waals surface area (Å²) in [6, 6.07) is 9.33. The van der Waals surface area contributed by atoms with Crippen molar-refractivity contribution in [3.05, 3.63) is 52.4 Å². The third-order valence-corrected chi connectivity index (χ3v) is 5.65. The third kappa shape index (κ3) is 5.46. The first-order valence-electron chi connectivity index (χ1n) is 11.2. The molecule has 1 unspecified atom stereocenters. The van der Waals surface area contributed by atoms with Crippen LogP contribution < -0.4 is 20.8 Å². The monoisotopic (exact) mass is 506 g/mol. The standard InChI is InChI=1S/C23H25F3N6O4/c1-2-3-11-30-19-18(14-28-31(20(19)33)16-35-15-17-7-5-4-6-8-17)32(36-21(34)23(24,25)26)22(30)29-12-9-27-10-13-29/h4-8,14,22,27H,9-13,15-16H2,1H3. The van der Waals surface area contributed by atoms with Crippen LogP contribution in [0.25, 0.3) is 0 Å². The minimum atomic E-state index is -5.22. The molecule has 1 atom stereocenters. The second-order valence-electron chi connectivity index (χ2n) is 8.04. The highest BCUT2D eigenvalue weighted by Crippen LogP contribution is 2.38. The van der Waals surface area contributed by atoms with Gasteiger partial charge in [0, 0.05) is 26.2 Å². The lowest BCUT2D eigenvalue weighted by Gasteiger charge is -2.40. The molecule has 0 radical (unpaired) electrons. The Morgan fingerprint density at radius 2 is 1.94 bits per heavy atom. The van der Waals surface area contributed by atoms with E-state index in [1.807, 2.05) is 35.2 Å². The van der Waals surface area contributed by atoms with Crippen molar-refractivity contribution >= 4 is 17.3 Å². The van der Waals surface area contributed by atoms with Crippen molar-refractivity contribution < 1.29 is 27.5 Å². The minimum absolute atomic E-state index is 0.0162. The van der Waals surface area contributed by atoms with Crippen LogP contribution in [0, 0.1) is 11.8 Å². The van der Waals surface area contributed by atoms with E-state index in [0.29, 0.717) is 26.2 Å². The maximum Gasteiger partial charge on any atom is 0.493 e. The second-order valence-corrected chi connectivity index (χ2v) is 8.04. The number of hydrogen-bond acceptors (Lipinski definition) is 9. The number of hydroxylamine groups is 1. The number of aromatic nitrogens is 2. The van der Waals surface area contributed by atoms with E-state index < -0.39 is 24.0 Å². The zero-order valence-corrected chi connectivity index (χ0v) is 19.5. The number of alkyl halides is 3. The lowest BCUT2D eigenvalue weighted by molar-refractivity contribution is -0.203. The molecule has 0 bridgehead atoms. The summed E-state index contributed by atoms with van der Waals surface area (Å²) in [6.07, 6.45) is -5.04. The van der Waals surface area contributed by atoms with E-state index in [2.05, 4.69) is 22.3 Å². The van der Waals surface area contributed by atoms with Gasteiger partial charge in [0.15, 0.2) is 6.29 Å². The number of hydrogen-bond donors (Lipinski definition) is 1. The summed E-state index contributed by atoms with van der Waals surface area (Å²) in [5.41, 5.74) is 0.257. The molecule has 36 heavy (non-hydrogen) atoms. The van der Waals surface area contributed by atoms with Crippen molar-refractivity contribution in [2.24, 2.45) is 0 Å².